The van der Waals surface area contributed by atoms with Crippen LogP contribution in [0.4, 0.5) is 0 Å². The molecule has 1 amide bonds. The van der Waals surface area contributed by atoms with Gasteiger partial charge in [-0.3, -0.25) is 9.48 Å². The molecule has 0 aromatic carbocycles. The number of aromatic nitrogens is 2. The zero-order valence-corrected chi connectivity index (χ0v) is 13.2. The van der Waals surface area contributed by atoms with Crippen molar-refractivity contribution in [3.8, 4) is 0 Å². The molecule has 2 rings (SSSR count). The summed E-state index contributed by atoms with van der Waals surface area (Å²) in [5.41, 5.74) is 2.10. The molecular formula is C13H21N3O3S. The predicted molar refractivity (Wildman–Crippen MR) is 76.5 cm³/mol. The third-order valence-corrected chi connectivity index (χ3v) is 5.72. The van der Waals surface area contributed by atoms with Crippen LogP contribution < -0.4 is 0 Å². The highest BCUT2D eigenvalue weighted by molar-refractivity contribution is 7.91. The second kappa shape index (κ2) is 5.20. The van der Waals surface area contributed by atoms with Crippen LogP contribution in [0.25, 0.3) is 0 Å². The van der Waals surface area contributed by atoms with Gasteiger partial charge in [-0.15, -0.1) is 0 Å². The molecule has 6 nitrogen and oxygen atoms in total. The molecule has 1 atom stereocenters. The normalized spacial score (nSPS) is 21.1. The second-order valence-corrected chi connectivity index (χ2v) is 7.55. The van der Waals surface area contributed by atoms with Gasteiger partial charge in [0.25, 0.3) is 5.91 Å². The van der Waals surface area contributed by atoms with E-state index in [1.807, 2.05) is 13.8 Å². The molecule has 0 aliphatic carbocycles. The maximum Gasteiger partial charge on any atom is 0.257 e. The first kappa shape index (κ1) is 15.0. The molecule has 2 heterocycles. The first-order chi connectivity index (χ1) is 9.26. The first-order valence-corrected chi connectivity index (χ1v) is 8.60. The van der Waals surface area contributed by atoms with Gasteiger partial charge in [-0.2, -0.15) is 5.10 Å². The van der Waals surface area contributed by atoms with E-state index in [0.29, 0.717) is 24.2 Å². The number of carbonyl (C=O) groups is 1. The molecular weight excluding hydrogens is 278 g/mol. The summed E-state index contributed by atoms with van der Waals surface area (Å²) < 4.78 is 24.9. The topological polar surface area (TPSA) is 72.3 Å². The van der Waals surface area contributed by atoms with Gasteiger partial charge < -0.3 is 4.90 Å². The van der Waals surface area contributed by atoms with Crippen LogP contribution in [-0.2, 0) is 16.9 Å². The summed E-state index contributed by atoms with van der Waals surface area (Å²) >= 11 is 0. The Morgan fingerprint density at radius 2 is 2.10 bits per heavy atom. The van der Waals surface area contributed by atoms with Gasteiger partial charge in [0.1, 0.15) is 0 Å². The molecule has 1 aliphatic heterocycles. The number of carbonyl (C=O) groups excluding carboxylic acids is 1. The molecule has 7 heteroatoms. The molecule has 1 fully saturated rings. The molecule has 1 aromatic heterocycles. The van der Waals surface area contributed by atoms with Crippen LogP contribution in [0.1, 0.15) is 35.1 Å². The smallest absolute Gasteiger partial charge is 0.257 e. The van der Waals surface area contributed by atoms with Gasteiger partial charge in [0, 0.05) is 25.3 Å². The lowest BCUT2D eigenvalue weighted by molar-refractivity contribution is 0.0707. The highest BCUT2D eigenvalue weighted by atomic mass is 32.2. The lowest BCUT2D eigenvalue weighted by Gasteiger charge is -2.27. The Labute approximate surface area is 119 Å². The molecule has 1 aliphatic rings. The van der Waals surface area contributed by atoms with Gasteiger partial charge in [-0.05, 0) is 27.2 Å². The minimum Gasteiger partial charge on any atom is -0.335 e. The van der Waals surface area contributed by atoms with E-state index in [2.05, 4.69) is 5.10 Å². The van der Waals surface area contributed by atoms with Gasteiger partial charge >= 0.3 is 0 Å². The maximum atomic E-state index is 12.7. The van der Waals surface area contributed by atoms with Crippen molar-refractivity contribution in [3.63, 3.8) is 0 Å². The monoisotopic (exact) mass is 299 g/mol. The fourth-order valence-electron chi connectivity index (χ4n) is 2.82. The lowest BCUT2D eigenvalue weighted by Crippen LogP contribution is -2.41. The molecule has 0 radical (unpaired) electrons. The largest absolute Gasteiger partial charge is 0.335 e. The standard InChI is InChI=1S/C13H21N3O3S/c1-5-16(11-6-7-20(18,19)8-11)13(17)12-9(2)14-15(4)10(12)3/h11H,5-8H2,1-4H3. The van der Waals surface area contributed by atoms with E-state index in [1.165, 1.54) is 0 Å². The molecule has 1 aromatic rings. The number of sulfone groups is 1. The summed E-state index contributed by atoms with van der Waals surface area (Å²) in [5.74, 6) is 0.134. The zero-order chi connectivity index (χ0) is 15.1. The van der Waals surface area contributed by atoms with Crippen LogP contribution in [0.3, 0.4) is 0 Å². The van der Waals surface area contributed by atoms with Crippen molar-refractivity contribution >= 4 is 15.7 Å². The number of nitrogens with zero attached hydrogens (tertiary/aromatic N) is 3. The average molecular weight is 299 g/mol. The molecule has 0 saturated carbocycles. The van der Waals surface area contributed by atoms with Gasteiger partial charge in [0.2, 0.25) is 0 Å². The van der Waals surface area contributed by atoms with Gasteiger partial charge in [-0.1, -0.05) is 0 Å². The zero-order valence-electron chi connectivity index (χ0n) is 12.4. The number of hydrogen-bond donors (Lipinski definition) is 0. The molecule has 1 saturated heterocycles. The van der Waals surface area contributed by atoms with E-state index < -0.39 is 9.84 Å². The van der Waals surface area contributed by atoms with Crippen LogP contribution in [0.5, 0.6) is 0 Å². The Morgan fingerprint density at radius 1 is 1.45 bits per heavy atom. The van der Waals surface area contributed by atoms with Crippen LogP contribution in [-0.4, -0.2) is 53.1 Å². The summed E-state index contributed by atoms with van der Waals surface area (Å²) in [4.78, 5) is 14.4. The summed E-state index contributed by atoms with van der Waals surface area (Å²) in [6, 6.07) is -0.212. The van der Waals surface area contributed by atoms with E-state index >= 15 is 0 Å². The minimum absolute atomic E-state index is 0.0743. The predicted octanol–water partition coefficient (Wildman–Crippen LogP) is 0.686. The average Bonchev–Trinajstić information content (AvgIpc) is 2.81. The van der Waals surface area contributed by atoms with Crippen LogP contribution in [0, 0.1) is 13.8 Å². The molecule has 0 spiro atoms. The fraction of sp³-hybridized carbons (Fsp3) is 0.692. The van der Waals surface area contributed by atoms with Crippen LogP contribution >= 0.6 is 0 Å². The number of amides is 1. The SMILES string of the molecule is CCN(C(=O)c1c(C)nn(C)c1C)C1CCS(=O)(=O)C1. The van der Waals surface area contributed by atoms with E-state index in [4.69, 9.17) is 0 Å². The highest BCUT2D eigenvalue weighted by Gasteiger charge is 2.35. The molecule has 0 N–H and O–H groups in total. The summed E-state index contributed by atoms with van der Waals surface area (Å²) in [6.45, 7) is 6.04. The third-order valence-electron chi connectivity index (χ3n) is 3.97. The summed E-state index contributed by atoms with van der Waals surface area (Å²) in [5, 5.41) is 4.25. The van der Waals surface area contributed by atoms with Gasteiger partial charge in [-0.25, -0.2) is 8.42 Å². The fourth-order valence-corrected chi connectivity index (χ4v) is 4.55. The van der Waals surface area contributed by atoms with Crippen molar-refractivity contribution in [2.24, 2.45) is 7.05 Å². The Bertz CT molecular complexity index is 634. The van der Waals surface area contributed by atoms with Crippen LogP contribution in [0.15, 0.2) is 0 Å². The van der Waals surface area contributed by atoms with Crippen molar-refractivity contribution in [1.82, 2.24) is 14.7 Å². The molecule has 112 valence electrons. The van der Waals surface area contributed by atoms with E-state index in [1.54, 1.807) is 23.6 Å². The first-order valence-electron chi connectivity index (χ1n) is 6.78. The van der Waals surface area contributed by atoms with Crippen molar-refractivity contribution in [2.75, 3.05) is 18.1 Å². The van der Waals surface area contributed by atoms with Gasteiger partial charge in [0.05, 0.1) is 22.8 Å². The lowest BCUT2D eigenvalue weighted by atomic mass is 10.1. The van der Waals surface area contributed by atoms with E-state index in [9.17, 15) is 13.2 Å². The summed E-state index contributed by atoms with van der Waals surface area (Å²) in [6.07, 6.45) is 0.528. The van der Waals surface area contributed by atoms with Crippen molar-refractivity contribution in [1.29, 1.82) is 0 Å². The molecule has 0 bridgehead atoms. The maximum absolute atomic E-state index is 12.7. The minimum atomic E-state index is -3.00. The van der Waals surface area contributed by atoms with Gasteiger partial charge in [0.15, 0.2) is 9.84 Å². The van der Waals surface area contributed by atoms with E-state index in [-0.39, 0.29) is 23.5 Å². The number of aryl methyl sites for hydroxylation is 2. The Kier molecular flexibility index (Phi) is 3.90. The van der Waals surface area contributed by atoms with Crippen molar-refractivity contribution in [2.45, 2.75) is 33.2 Å². The third kappa shape index (κ3) is 2.59. The highest BCUT2D eigenvalue weighted by Crippen LogP contribution is 2.22. The van der Waals surface area contributed by atoms with Crippen molar-refractivity contribution < 1.29 is 13.2 Å². The number of rotatable bonds is 3. The Balaban J connectivity index is 2.31. The molecule has 20 heavy (non-hydrogen) atoms. The second-order valence-electron chi connectivity index (χ2n) is 5.32. The Morgan fingerprint density at radius 3 is 2.50 bits per heavy atom. The summed E-state index contributed by atoms with van der Waals surface area (Å²) in [7, 11) is -1.20. The van der Waals surface area contributed by atoms with E-state index in [0.717, 1.165) is 5.69 Å². The van der Waals surface area contributed by atoms with Crippen molar-refractivity contribution in [3.05, 3.63) is 17.0 Å². The van der Waals surface area contributed by atoms with Crippen LogP contribution in [0.2, 0.25) is 0 Å². The number of hydrogen-bond acceptors (Lipinski definition) is 4. The quantitative estimate of drug-likeness (QED) is 0.823. The Hall–Kier alpha value is -1.37. The molecule has 1 unspecified atom stereocenters.